The van der Waals surface area contributed by atoms with E-state index in [1.165, 1.54) is 17.4 Å². The molecular weight excluding hydrogens is 329 g/mol. The fraction of sp³-hybridized carbons (Fsp3) is 0.357. The second-order valence-corrected chi connectivity index (χ2v) is 6.39. The molecule has 1 N–H and O–H groups in total. The number of nitrogens with one attached hydrogen (secondary N) is 1. The molecule has 0 spiro atoms. The zero-order chi connectivity index (χ0) is 16.0. The van der Waals surface area contributed by atoms with E-state index in [1.807, 2.05) is 0 Å². The summed E-state index contributed by atoms with van der Waals surface area (Å²) in [5, 5.41) is 11.4. The molecule has 2 heterocycles. The number of thiazole rings is 1. The van der Waals surface area contributed by atoms with Crippen LogP contribution in [0.25, 0.3) is 10.2 Å². The average Bonchev–Trinajstić information content (AvgIpc) is 3.10. The van der Waals surface area contributed by atoms with Crippen LogP contribution in [0.5, 0.6) is 0 Å². The van der Waals surface area contributed by atoms with Crippen molar-refractivity contribution in [3.8, 4) is 0 Å². The Kier molecular flexibility index (Phi) is 3.26. The number of hydrogen-bond donors (Lipinski definition) is 1. The molecule has 1 fully saturated rings. The molecule has 0 aliphatic heterocycles. The monoisotopic (exact) mass is 340 g/mol. The molecule has 3 aromatic rings. The van der Waals surface area contributed by atoms with E-state index in [0.29, 0.717) is 39.6 Å². The summed E-state index contributed by atoms with van der Waals surface area (Å²) in [6.45, 7) is 0.297. The first kappa shape index (κ1) is 14.4. The Morgan fingerprint density at radius 3 is 2.83 bits per heavy atom. The lowest BCUT2D eigenvalue weighted by atomic mass is 10.2. The molecule has 1 aromatic carbocycles. The van der Waals surface area contributed by atoms with Crippen LogP contribution in [0.4, 0.5) is 18.3 Å². The van der Waals surface area contributed by atoms with Gasteiger partial charge >= 0.3 is 6.18 Å². The van der Waals surface area contributed by atoms with E-state index in [-0.39, 0.29) is 0 Å². The highest BCUT2D eigenvalue weighted by Gasteiger charge is 2.31. The molecule has 23 heavy (non-hydrogen) atoms. The van der Waals surface area contributed by atoms with Crippen molar-refractivity contribution >= 4 is 26.7 Å². The highest BCUT2D eigenvalue weighted by Crippen LogP contribution is 2.39. The Labute approximate surface area is 132 Å². The number of hydrogen-bond acceptors (Lipinski definition) is 6. The van der Waals surface area contributed by atoms with Crippen LogP contribution in [0.2, 0.25) is 0 Å². The van der Waals surface area contributed by atoms with Crippen molar-refractivity contribution < 1.29 is 17.6 Å². The number of benzene rings is 1. The summed E-state index contributed by atoms with van der Waals surface area (Å²) in [7, 11) is 0. The molecular formula is C14H11F3N4OS. The van der Waals surface area contributed by atoms with Gasteiger partial charge in [-0.15, -0.1) is 10.2 Å². The second kappa shape index (κ2) is 5.19. The molecule has 0 atom stereocenters. The van der Waals surface area contributed by atoms with Gasteiger partial charge in [0.05, 0.1) is 22.3 Å². The third-order valence-electron chi connectivity index (χ3n) is 3.51. The van der Waals surface area contributed by atoms with Crippen molar-refractivity contribution in [3.05, 3.63) is 35.5 Å². The number of halogens is 3. The van der Waals surface area contributed by atoms with Crippen molar-refractivity contribution in [3.63, 3.8) is 0 Å². The largest absolute Gasteiger partial charge is 0.423 e. The summed E-state index contributed by atoms with van der Waals surface area (Å²) in [5.41, 5.74) is -0.385. The molecule has 1 aliphatic rings. The van der Waals surface area contributed by atoms with Gasteiger partial charge < -0.3 is 9.73 Å². The molecule has 9 heteroatoms. The molecule has 4 rings (SSSR count). The Balaban J connectivity index is 1.49. The standard InChI is InChI=1S/C14H11F3N4OS/c15-14(16,17)8-3-4-10-9(5-8)19-13(23-10)18-6-11-20-21-12(22-11)7-1-2-7/h3-5,7H,1-2,6H2,(H,18,19). The molecule has 0 unspecified atom stereocenters. The van der Waals surface area contributed by atoms with Gasteiger partial charge in [0.25, 0.3) is 0 Å². The van der Waals surface area contributed by atoms with Crippen LogP contribution in [0, 0.1) is 0 Å². The topological polar surface area (TPSA) is 63.8 Å². The van der Waals surface area contributed by atoms with Gasteiger partial charge in [0, 0.05) is 5.92 Å². The van der Waals surface area contributed by atoms with Crippen LogP contribution < -0.4 is 5.32 Å². The lowest BCUT2D eigenvalue weighted by Crippen LogP contribution is -2.04. The summed E-state index contributed by atoms with van der Waals surface area (Å²) < 4.78 is 44.3. The van der Waals surface area contributed by atoms with Gasteiger partial charge in [-0.1, -0.05) is 11.3 Å². The number of aromatic nitrogens is 3. The van der Waals surface area contributed by atoms with E-state index in [9.17, 15) is 13.2 Å². The van der Waals surface area contributed by atoms with E-state index in [4.69, 9.17) is 4.42 Å². The third kappa shape index (κ3) is 3.00. The van der Waals surface area contributed by atoms with Crippen LogP contribution >= 0.6 is 11.3 Å². The van der Waals surface area contributed by atoms with Gasteiger partial charge in [-0.05, 0) is 31.0 Å². The van der Waals surface area contributed by atoms with Crippen LogP contribution in [0.3, 0.4) is 0 Å². The van der Waals surface area contributed by atoms with Crippen LogP contribution in [-0.2, 0) is 12.7 Å². The molecule has 0 bridgehead atoms. The van der Waals surface area contributed by atoms with Crippen LogP contribution in [0.1, 0.15) is 36.1 Å². The first-order chi connectivity index (χ1) is 11.0. The normalized spacial score (nSPS) is 15.3. The third-order valence-corrected chi connectivity index (χ3v) is 4.51. The van der Waals surface area contributed by atoms with Crippen LogP contribution in [-0.4, -0.2) is 15.2 Å². The van der Waals surface area contributed by atoms with Gasteiger partial charge in [0.2, 0.25) is 11.8 Å². The van der Waals surface area contributed by atoms with E-state index >= 15 is 0 Å². The first-order valence-electron chi connectivity index (χ1n) is 7.03. The van der Waals surface area contributed by atoms with Gasteiger partial charge in [-0.2, -0.15) is 13.2 Å². The molecule has 120 valence electrons. The number of fused-ring (bicyclic) bond motifs is 1. The molecule has 2 aromatic heterocycles. The molecule has 0 amide bonds. The Morgan fingerprint density at radius 1 is 1.26 bits per heavy atom. The van der Waals surface area contributed by atoms with Crippen LogP contribution in [0.15, 0.2) is 22.6 Å². The van der Waals surface area contributed by atoms with E-state index in [0.717, 1.165) is 25.0 Å². The molecule has 1 aliphatic carbocycles. The highest BCUT2D eigenvalue weighted by molar-refractivity contribution is 7.22. The Morgan fingerprint density at radius 2 is 2.09 bits per heavy atom. The molecule has 0 saturated heterocycles. The number of rotatable bonds is 4. The maximum atomic E-state index is 12.7. The summed E-state index contributed by atoms with van der Waals surface area (Å²) in [4.78, 5) is 4.17. The van der Waals surface area contributed by atoms with Gasteiger partial charge in [0.1, 0.15) is 0 Å². The maximum Gasteiger partial charge on any atom is 0.416 e. The summed E-state index contributed by atoms with van der Waals surface area (Å²) in [6, 6.07) is 3.54. The summed E-state index contributed by atoms with van der Waals surface area (Å²) >= 11 is 1.28. The van der Waals surface area contributed by atoms with Gasteiger partial charge in [0.15, 0.2) is 5.13 Å². The van der Waals surface area contributed by atoms with E-state index < -0.39 is 11.7 Å². The molecule has 5 nitrogen and oxygen atoms in total. The zero-order valence-corrected chi connectivity index (χ0v) is 12.5. The Hall–Kier alpha value is -2.16. The minimum absolute atomic E-state index is 0.297. The van der Waals surface area contributed by atoms with E-state index in [2.05, 4.69) is 20.5 Å². The highest BCUT2D eigenvalue weighted by atomic mass is 32.1. The van der Waals surface area contributed by atoms with Crippen molar-refractivity contribution in [2.45, 2.75) is 31.5 Å². The van der Waals surface area contributed by atoms with E-state index in [1.54, 1.807) is 0 Å². The minimum atomic E-state index is -4.37. The van der Waals surface area contributed by atoms with Gasteiger partial charge in [-0.25, -0.2) is 4.98 Å². The lowest BCUT2D eigenvalue weighted by molar-refractivity contribution is -0.137. The van der Waals surface area contributed by atoms with Crippen molar-refractivity contribution in [1.29, 1.82) is 0 Å². The Bertz CT molecular complexity index is 853. The van der Waals surface area contributed by atoms with Gasteiger partial charge in [-0.3, -0.25) is 0 Å². The maximum absolute atomic E-state index is 12.7. The second-order valence-electron chi connectivity index (χ2n) is 5.36. The minimum Gasteiger partial charge on any atom is -0.423 e. The van der Waals surface area contributed by atoms with Crippen molar-refractivity contribution in [2.24, 2.45) is 0 Å². The zero-order valence-electron chi connectivity index (χ0n) is 11.7. The van der Waals surface area contributed by atoms with Crippen molar-refractivity contribution in [1.82, 2.24) is 15.2 Å². The summed E-state index contributed by atoms with van der Waals surface area (Å²) in [5.74, 6) is 1.49. The fourth-order valence-electron chi connectivity index (χ4n) is 2.16. The number of nitrogens with zero attached hydrogens (tertiary/aromatic N) is 3. The number of alkyl halides is 3. The quantitative estimate of drug-likeness (QED) is 0.771. The summed E-state index contributed by atoms with van der Waals surface area (Å²) in [6.07, 6.45) is -2.21. The molecule has 0 radical (unpaired) electrons. The molecule has 1 saturated carbocycles. The SMILES string of the molecule is FC(F)(F)c1ccc2sc(NCc3nnc(C4CC4)o3)nc2c1. The lowest BCUT2D eigenvalue weighted by Gasteiger charge is -2.04. The predicted octanol–water partition coefficient (Wildman–Crippen LogP) is 4.19. The average molecular weight is 340 g/mol. The van der Waals surface area contributed by atoms with Crippen molar-refractivity contribution in [2.75, 3.05) is 5.32 Å². The predicted molar refractivity (Wildman–Crippen MR) is 78.2 cm³/mol. The smallest absolute Gasteiger partial charge is 0.416 e. The fourth-order valence-corrected chi connectivity index (χ4v) is 3.01. The number of anilines is 1. The first-order valence-corrected chi connectivity index (χ1v) is 7.84.